The molecule has 0 spiro atoms. The van der Waals surface area contributed by atoms with Crippen molar-refractivity contribution >= 4 is 12.6 Å². The van der Waals surface area contributed by atoms with E-state index in [1.165, 1.54) is 5.56 Å². The van der Waals surface area contributed by atoms with Crippen molar-refractivity contribution in [2.45, 2.75) is 33.3 Å². The van der Waals surface area contributed by atoms with Crippen molar-refractivity contribution in [3.8, 4) is 5.75 Å². The zero-order valence-corrected chi connectivity index (χ0v) is 12.7. The van der Waals surface area contributed by atoms with Crippen molar-refractivity contribution < 1.29 is 14.8 Å². The summed E-state index contributed by atoms with van der Waals surface area (Å²) in [7, 11) is -1.45. The summed E-state index contributed by atoms with van der Waals surface area (Å²) >= 11 is 0. The summed E-state index contributed by atoms with van der Waals surface area (Å²) in [5.74, 6) is 1.28. The maximum atomic E-state index is 9.20. The van der Waals surface area contributed by atoms with Crippen LogP contribution in [-0.2, 0) is 6.61 Å². The second-order valence-electron chi connectivity index (χ2n) is 5.60. The van der Waals surface area contributed by atoms with Crippen LogP contribution in [0.5, 0.6) is 5.75 Å². The van der Waals surface area contributed by atoms with Gasteiger partial charge < -0.3 is 14.8 Å². The molecule has 0 fully saturated rings. The normalized spacial score (nSPS) is 10.8. The Morgan fingerprint density at radius 1 is 1.10 bits per heavy atom. The van der Waals surface area contributed by atoms with Gasteiger partial charge in [-0.1, -0.05) is 50.2 Å². The first-order valence-electron chi connectivity index (χ1n) is 7.15. The molecule has 0 heterocycles. The van der Waals surface area contributed by atoms with Crippen molar-refractivity contribution in [3.05, 3.63) is 59.2 Å². The predicted octanol–water partition coefficient (Wildman–Crippen LogP) is 2.38. The first-order valence-corrected chi connectivity index (χ1v) is 7.15. The molecule has 2 rings (SSSR count). The van der Waals surface area contributed by atoms with Gasteiger partial charge in [0.2, 0.25) is 0 Å². The third-order valence-corrected chi connectivity index (χ3v) is 3.43. The lowest BCUT2D eigenvalue weighted by atomic mass is 9.80. The fourth-order valence-corrected chi connectivity index (χ4v) is 2.25. The largest absolute Gasteiger partial charge is 0.489 e. The molecule has 0 aromatic heterocycles. The second kappa shape index (κ2) is 6.79. The minimum atomic E-state index is -1.45. The lowest BCUT2D eigenvalue weighted by Gasteiger charge is -2.15. The third kappa shape index (κ3) is 4.10. The van der Waals surface area contributed by atoms with Crippen LogP contribution < -0.4 is 10.2 Å². The quantitative estimate of drug-likeness (QED) is 0.829. The van der Waals surface area contributed by atoms with Crippen molar-refractivity contribution in [2.75, 3.05) is 0 Å². The van der Waals surface area contributed by atoms with Gasteiger partial charge in [-0.25, -0.2) is 0 Å². The summed E-state index contributed by atoms with van der Waals surface area (Å²) in [5, 5.41) is 18.4. The Kier molecular flexibility index (Phi) is 5.05. The molecule has 0 atom stereocenters. The number of hydrogen-bond donors (Lipinski definition) is 2. The first-order chi connectivity index (χ1) is 9.97. The van der Waals surface area contributed by atoms with Gasteiger partial charge in [0.25, 0.3) is 0 Å². The molecule has 21 heavy (non-hydrogen) atoms. The first kappa shape index (κ1) is 15.6. The topological polar surface area (TPSA) is 49.7 Å². The van der Waals surface area contributed by atoms with Gasteiger partial charge >= 0.3 is 7.12 Å². The fraction of sp³-hybridized carbons (Fsp3) is 0.294. The lowest BCUT2D eigenvalue weighted by molar-refractivity contribution is 0.301. The minimum absolute atomic E-state index is 0.395. The van der Waals surface area contributed by atoms with Gasteiger partial charge in [0.1, 0.15) is 12.4 Å². The van der Waals surface area contributed by atoms with Crippen LogP contribution in [0.4, 0.5) is 0 Å². The highest BCUT2D eigenvalue weighted by atomic mass is 16.5. The van der Waals surface area contributed by atoms with E-state index < -0.39 is 7.12 Å². The highest BCUT2D eigenvalue weighted by Gasteiger charge is 2.12. The zero-order chi connectivity index (χ0) is 15.4. The molecule has 4 heteroatoms. The molecule has 0 amide bonds. The fourth-order valence-electron chi connectivity index (χ4n) is 2.25. The number of aryl methyl sites for hydroxylation is 1. The van der Waals surface area contributed by atoms with Crippen LogP contribution in [0.3, 0.4) is 0 Å². The summed E-state index contributed by atoms with van der Waals surface area (Å²) in [6.45, 7) is 6.73. The smallest absolute Gasteiger partial charge is 0.488 e. The van der Waals surface area contributed by atoms with Gasteiger partial charge in [0.05, 0.1) is 0 Å². The van der Waals surface area contributed by atoms with Gasteiger partial charge in [-0.2, -0.15) is 0 Å². The van der Waals surface area contributed by atoms with Gasteiger partial charge in [-0.05, 0) is 41.1 Å². The molecule has 2 aromatic carbocycles. The average Bonchev–Trinajstić information content (AvgIpc) is 2.45. The standard InChI is InChI=1S/C17H21BO3/c1-12(2)16-8-7-13(3)9-17(16)21-11-14-5-4-6-15(10-14)18(19)20/h4-10,12,19-20H,11H2,1-3H3. The molecular formula is C17H21BO3. The van der Waals surface area contributed by atoms with E-state index in [9.17, 15) is 10.0 Å². The summed E-state index contributed by atoms with van der Waals surface area (Å²) in [6, 6.07) is 13.4. The SMILES string of the molecule is Cc1ccc(C(C)C)c(OCc2cccc(B(O)O)c2)c1. The Balaban J connectivity index is 2.16. The van der Waals surface area contributed by atoms with E-state index >= 15 is 0 Å². The monoisotopic (exact) mass is 284 g/mol. The number of hydrogen-bond acceptors (Lipinski definition) is 3. The number of benzene rings is 2. The molecule has 2 aromatic rings. The Bertz CT molecular complexity index is 609. The van der Waals surface area contributed by atoms with Gasteiger partial charge in [0.15, 0.2) is 0 Å². The minimum Gasteiger partial charge on any atom is -0.489 e. The van der Waals surface area contributed by atoms with Crippen LogP contribution >= 0.6 is 0 Å². The molecule has 0 bridgehead atoms. The molecule has 110 valence electrons. The molecule has 0 saturated carbocycles. The molecule has 0 radical (unpaired) electrons. The summed E-state index contributed by atoms with van der Waals surface area (Å²) in [6.07, 6.45) is 0. The van der Waals surface area contributed by atoms with E-state index in [4.69, 9.17) is 4.74 Å². The highest BCUT2D eigenvalue weighted by molar-refractivity contribution is 6.58. The predicted molar refractivity (Wildman–Crippen MR) is 85.9 cm³/mol. The Morgan fingerprint density at radius 3 is 2.52 bits per heavy atom. The van der Waals surface area contributed by atoms with Crippen molar-refractivity contribution in [1.29, 1.82) is 0 Å². The molecule has 0 saturated heterocycles. The van der Waals surface area contributed by atoms with Gasteiger partial charge in [0, 0.05) is 0 Å². The van der Waals surface area contributed by atoms with Gasteiger partial charge in [-0.15, -0.1) is 0 Å². The van der Waals surface area contributed by atoms with Crippen LogP contribution in [0.1, 0.15) is 36.5 Å². The van der Waals surface area contributed by atoms with Crippen molar-refractivity contribution in [3.63, 3.8) is 0 Å². The molecule has 2 N–H and O–H groups in total. The molecule has 0 aliphatic rings. The van der Waals surface area contributed by atoms with E-state index in [2.05, 4.69) is 26.0 Å². The Hall–Kier alpha value is -1.78. The summed E-state index contributed by atoms with van der Waals surface area (Å²) < 4.78 is 5.94. The van der Waals surface area contributed by atoms with E-state index in [0.29, 0.717) is 18.0 Å². The van der Waals surface area contributed by atoms with E-state index in [1.807, 2.05) is 19.1 Å². The molecule has 0 aliphatic carbocycles. The Labute approximate surface area is 126 Å². The third-order valence-electron chi connectivity index (χ3n) is 3.43. The molecule has 3 nitrogen and oxygen atoms in total. The molecule has 0 aliphatic heterocycles. The van der Waals surface area contributed by atoms with Crippen molar-refractivity contribution in [2.24, 2.45) is 0 Å². The summed E-state index contributed by atoms with van der Waals surface area (Å²) in [5.41, 5.74) is 3.73. The van der Waals surface area contributed by atoms with Crippen molar-refractivity contribution in [1.82, 2.24) is 0 Å². The van der Waals surface area contributed by atoms with Gasteiger partial charge in [-0.3, -0.25) is 0 Å². The van der Waals surface area contributed by atoms with E-state index in [0.717, 1.165) is 16.9 Å². The van der Waals surface area contributed by atoms with Crippen LogP contribution in [0, 0.1) is 6.92 Å². The molecular weight excluding hydrogens is 263 g/mol. The second-order valence-corrected chi connectivity index (χ2v) is 5.60. The highest BCUT2D eigenvalue weighted by Crippen LogP contribution is 2.28. The van der Waals surface area contributed by atoms with Crippen LogP contribution in [0.25, 0.3) is 0 Å². The maximum absolute atomic E-state index is 9.20. The average molecular weight is 284 g/mol. The van der Waals surface area contributed by atoms with E-state index in [1.54, 1.807) is 18.2 Å². The summed E-state index contributed by atoms with van der Waals surface area (Å²) in [4.78, 5) is 0. The zero-order valence-electron chi connectivity index (χ0n) is 12.7. The Morgan fingerprint density at radius 2 is 1.86 bits per heavy atom. The number of ether oxygens (including phenoxy) is 1. The van der Waals surface area contributed by atoms with Crippen LogP contribution in [0.15, 0.2) is 42.5 Å². The molecule has 0 unspecified atom stereocenters. The lowest BCUT2D eigenvalue weighted by Crippen LogP contribution is -2.29. The van der Waals surface area contributed by atoms with Crippen LogP contribution in [-0.4, -0.2) is 17.2 Å². The number of rotatable bonds is 5. The van der Waals surface area contributed by atoms with Crippen LogP contribution in [0.2, 0.25) is 0 Å². The maximum Gasteiger partial charge on any atom is 0.488 e. The van der Waals surface area contributed by atoms with E-state index in [-0.39, 0.29) is 0 Å².